The average molecular weight is 950 g/mol. The lowest BCUT2D eigenvalue weighted by Crippen LogP contribution is -2.57. The Morgan fingerprint density at radius 1 is 0.333 bits per heavy atom. The number of esters is 1. The molecular weight excluding hydrogens is 931 g/mol. The summed E-state index contributed by atoms with van der Waals surface area (Å²) in [5.74, 6) is -0.0970. The molecule has 3 nitrogen and oxygen atoms in total. The van der Waals surface area contributed by atoms with E-state index < -0.39 is 16.9 Å². The predicted molar refractivity (Wildman–Crippen MR) is 318 cm³/mol. The van der Waals surface area contributed by atoms with Crippen LogP contribution in [0, 0.1) is 0 Å². The molecule has 28 aromatic rings. The number of nitrogens with one attached hydrogen (secondary N) is 1. The molecule has 0 saturated carbocycles. The van der Waals surface area contributed by atoms with Gasteiger partial charge in [-0.1, -0.05) is 51.2 Å². The lowest BCUT2D eigenvalue weighted by atomic mass is 9.48. The molecule has 1 aliphatic heterocycles. The number of ether oxygens (including phenoxy) is 1. The Bertz CT molecular complexity index is 7180. The Morgan fingerprint density at radius 2 is 0.547 bits per heavy atom. The van der Waals surface area contributed by atoms with Crippen molar-refractivity contribution in [2.45, 2.75) is 62.3 Å². The van der Waals surface area contributed by atoms with Gasteiger partial charge in [-0.15, -0.1) is 0 Å². The third kappa shape index (κ3) is 1.73. The number of carbonyl (C=O) groups excluding carboxylic acids is 1. The zero-order valence-electron chi connectivity index (χ0n) is 39.3. The third-order valence-corrected chi connectivity index (χ3v) is 26.8. The van der Waals surface area contributed by atoms with E-state index in [4.69, 9.17) is 17.0 Å². The molecule has 28 aromatic carbocycles. The average Bonchev–Trinajstić information content (AvgIpc) is 2.80. The number of unbranched alkanes of at least 4 members (excludes halogenated alkanes) is 5. The molecule has 1 N–H and O–H groups in total. The number of thiocarbonyl (C=S) groups is 1. The predicted octanol–water partition coefficient (Wildman–Crippen LogP) is 18.5. The van der Waals surface area contributed by atoms with Gasteiger partial charge in [0.25, 0.3) is 0 Å². The lowest BCUT2D eigenvalue weighted by Gasteiger charge is -2.50. The van der Waals surface area contributed by atoms with Crippen molar-refractivity contribution in [3.8, 4) is 0 Å². The van der Waals surface area contributed by atoms with Gasteiger partial charge in [0, 0.05) is 0 Å². The summed E-state index contributed by atoms with van der Waals surface area (Å²) in [4.78, 5) is 17.2. The highest BCUT2D eigenvalue weighted by atomic mass is 32.1. The van der Waals surface area contributed by atoms with Gasteiger partial charge in [0.2, 0.25) is 0 Å². The molecule has 0 aromatic heterocycles. The Morgan fingerprint density at radius 3 is 0.800 bits per heavy atom. The van der Waals surface area contributed by atoms with E-state index in [-0.39, 0.29) is 5.97 Å². The van der Waals surface area contributed by atoms with E-state index in [0.29, 0.717) is 6.61 Å². The second-order valence-electron chi connectivity index (χ2n) is 27.1. The van der Waals surface area contributed by atoms with Crippen LogP contribution in [0.5, 0.6) is 0 Å². The lowest BCUT2D eigenvalue weighted by molar-refractivity contribution is -0.147. The van der Waals surface area contributed by atoms with Crippen LogP contribution in [-0.4, -0.2) is 23.6 Å². The second-order valence-corrected chi connectivity index (χ2v) is 27.6. The van der Waals surface area contributed by atoms with Gasteiger partial charge in [-0.3, -0.25) is 0 Å². The van der Waals surface area contributed by atoms with Gasteiger partial charge < -0.3 is 10.1 Å². The molecule has 1 atom stereocenters. The molecular formula is C71H19NO2S. The first-order chi connectivity index (χ1) is 37.2. The van der Waals surface area contributed by atoms with Crippen LogP contribution < -0.4 is 5.32 Å². The highest BCUT2D eigenvalue weighted by Crippen LogP contribution is 2.85. The first-order valence-corrected chi connectivity index (χ1v) is 28.9. The van der Waals surface area contributed by atoms with Gasteiger partial charge in [0.1, 0.15) is 6.04 Å². The van der Waals surface area contributed by atoms with Crippen molar-refractivity contribution in [1.82, 2.24) is 5.32 Å². The van der Waals surface area contributed by atoms with Crippen LogP contribution in [0.15, 0.2) is 0 Å². The van der Waals surface area contributed by atoms with Crippen molar-refractivity contribution >= 4 is 314 Å². The van der Waals surface area contributed by atoms with Crippen LogP contribution in [0.25, 0.3) is 291 Å². The summed E-state index contributed by atoms with van der Waals surface area (Å²) in [6.07, 6.45) is 6.92. The number of rotatable bonds is 8. The maximum Gasteiger partial charge on any atom is 0.329 e. The van der Waals surface area contributed by atoms with Gasteiger partial charge in [-0.05, 0) is 320 Å². The van der Waals surface area contributed by atoms with E-state index in [1.807, 2.05) is 0 Å². The molecule has 75 heavy (non-hydrogen) atoms. The summed E-state index contributed by atoms with van der Waals surface area (Å²) in [6.45, 7) is 2.74. The number of carbonyl (C=O) groups is 1. The molecule has 1 fully saturated rings. The molecule has 0 bridgehead atoms. The molecule has 2 spiro atoms. The minimum absolute atomic E-state index is 0.0970. The summed E-state index contributed by atoms with van der Waals surface area (Å²) in [5.41, 5.74) is 4.24. The zero-order chi connectivity index (χ0) is 45.6. The summed E-state index contributed by atoms with van der Waals surface area (Å²) < 4.78 is 6.86. The quantitative estimate of drug-likeness (QED) is 0.0713. The molecule has 1 heterocycles. The number of hydrogen-bond donors (Lipinski definition) is 1. The Kier molecular flexibility index (Phi) is 2.91. The van der Waals surface area contributed by atoms with Crippen LogP contribution in [0.3, 0.4) is 0 Å². The second kappa shape index (κ2) is 7.21. The highest BCUT2D eigenvalue weighted by Gasteiger charge is 2.78. The van der Waals surface area contributed by atoms with Gasteiger partial charge in [-0.25, -0.2) is 4.79 Å². The van der Waals surface area contributed by atoms with E-state index in [9.17, 15) is 0 Å². The van der Waals surface area contributed by atoms with Crippen LogP contribution in [-0.2, 0) is 20.4 Å². The van der Waals surface area contributed by atoms with Gasteiger partial charge in [-0.2, -0.15) is 0 Å². The largest absolute Gasteiger partial charge is 0.464 e. The summed E-state index contributed by atoms with van der Waals surface area (Å²) in [5, 5.41) is 88.4. The maximum atomic E-state index is 16.3. The molecule has 4 aliphatic carbocycles. The molecule has 0 radical (unpaired) electrons. The van der Waals surface area contributed by atoms with Crippen LogP contribution >= 0.6 is 12.2 Å². The zero-order valence-corrected chi connectivity index (χ0v) is 40.1. The summed E-state index contributed by atoms with van der Waals surface area (Å²) in [6, 6.07) is -0.666. The monoisotopic (exact) mass is 949 g/mol. The molecule has 326 valence electrons. The normalized spacial score (nSPS) is 22.7. The fraction of sp³-hybridized carbons (Fsp3) is 0.155. The fourth-order valence-electron chi connectivity index (χ4n) is 25.9. The summed E-state index contributed by atoms with van der Waals surface area (Å²) in [7, 11) is 0. The van der Waals surface area contributed by atoms with Crippen LogP contribution in [0.2, 0.25) is 0 Å². The van der Waals surface area contributed by atoms with E-state index in [2.05, 4.69) is 12.2 Å². The van der Waals surface area contributed by atoms with Crippen molar-refractivity contribution < 1.29 is 9.53 Å². The van der Waals surface area contributed by atoms with Crippen molar-refractivity contribution in [3.05, 3.63) is 22.3 Å². The smallest absolute Gasteiger partial charge is 0.329 e. The molecule has 0 amide bonds. The minimum Gasteiger partial charge on any atom is -0.464 e. The summed E-state index contributed by atoms with van der Waals surface area (Å²) >= 11 is 7.40. The minimum atomic E-state index is -0.826. The van der Waals surface area contributed by atoms with E-state index in [0.717, 1.165) is 17.8 Å². The molecule has 4 heteroatoms. The fourth-order valence-corrected chi connectivity index (χ4v) is 26.4. The first-order valence-electron chi connectivity index (χ1n) is 28.5. The molecule has 33 rings (SSSR count). The maximum absolute atomic E-state index is 16.3. The molecule has 1 saturated heterocycles. The van der Waals surface area contributed by atoms with Crippen LogP contribution in [0.4, 0.5) is 0 Å². The number of hydrogen-bond acceptors (Lipinski definition) is 3. The van der Waals surface area contributed by atoms with Crippen molar-refractivity contribution in [2.24, 2.45) is 0 Å². The van der Waals surface area contributed by atoms with Crippen molar-refractivity contribution in [3.63, 3.8) is 0 Å². The molecule has 5 aliphatic rings. The first kappa shape index (κ1) is 30.3. The van der Waals surface area contributed by atoms with Crippen LogP contribution in [0.1, 0.15) is 67.7 Å². The Balaban J connectivity index is 1.03. The van der Waals surface area contributed by atoms with Crippen molar-refractivity contribution in [1.29, 1.82) is 0 Å². The third-order valence-electron chi connectivity index (χ3n) is 26.4. The highest BCUT2D eigenvalue weighted by molar-refractivity contribution is 7.80. The van der Waals surface area contributed by atoms with E-state index in [1.165, 1.54) is 134 Å². The standard InChI is InChI=1S/C71H19NO2S/c1-2-3-4-5-6-7-8-74-68(73)67-70-63-55-47-37-27-19-11-9-10-13-17-15(11)23-31-25(17)35-29-21(13)22-14(10)18-16-12(9)20(19)28-34-24(16)32-26(18)36-30(22)40-39(29)49-43(35)53-45(31)51(41(47)33(23)27)57(63)59(53)65-61(49)62-50(40)44(36)54-46(32)52-42(34)48(38(28)37)56(55)64(70)58(52)60(54)66(62)71(65,70)69(75)72-67/h67H,2-8H2,1H3,(H,72,75). The van der Waals surface area contributed by atoms with E-state index in [1.54, 1.807) is 205 Å². The Labute approximate surface area is 417 Å². The SMILES string of the molecule is CCCCCCCCOC(=O)C1NC(=S)C23c4c5c6c7c8c9c(c%10c%11c2c2c4c4c%12c5c5c6c6c8c8c%13c9c9c%10c%10c%11c%11c2c2c4c4c%12c%12c5c5c6c8c6c8c%13c9c9c%10c%10c%11c2c2c4c4c%12c5c6c5c8c9c%10c2c45)C713. The van der Waals surface area contributed by atoms with Gasteiger partial charge in [0.05, 0.1) is 22.4 Å². The van der Waals surface area contributed by atoms with Gasteiger partial charge in [0.15, 0.2) is 0 Å². The van der Waals surface area contributed by atoms with E-state index >= 15 is 4.79 Å². The van der Waals surface area contributed by atoms with Gasteiger partial charge >= 0.3 is 5.97 Å². The molecule has 1 unspecified atom stereocenters. The number of benzene rings is 18. The Hall–Kier alpha value is -8.18. The topological polar surface area (TPSA) is 38.3 Å². The van der Waals surface area contributed by atoms with Crippen molar-refractivity contribution in [2.75, 3.05) is 6.61 Å².